The van der Waals surface area contributed by atoms with Crippen LogP contribution in [0.1, 0.15) is 22.8 Å². The maximum absolute atomic E-state index is 12.6. The van der Waals surface area contributed by atoms with Gasteiger partial charge in [0.2, 0.25) is 0 Å². The van der Waals surface area contributed by atoms with Gasteiger partial charge in [-0.3, -0.25) is 9.10 Å². The highest BCUT2D eigenvalue weighted by Crippen LogP contribution is 2.25. The summed E-state index contributed by atoms with van der Waals surface area (Å²) >= 11 is 1.17. The van der Waals surface area contributed by atoms with Crippen LogP contribution in [0.3, 0.4) is 0 Å². The topological polar surface area (TPSA) is 75.7 Å². The van der Waals surface area contributed by atoms with Gasteiger partial charge in [0.1, 0.15) is 16.6 Å². The zero-order valence-corrected chi connectivity index (χ0v) is 18.7. The molecular formula is C22H24N2O4S2. The number of rotatable bonds is 8. The number of nitrogens with one attached hydrogen (secondary N) is 1. The van der Waals surface area contributed by atoms with Crippen LogP contribution < -0.4 is 14.4 Å². The van der Waals surface area contributed by atoms with Gasteiger partial charge >= 0.3 is 0 Å². The highest BCUT2D eigenvalue weighted by molar-refractivity contribution is 7.94. The molecule has 2 aromatic carbocycles. The number of carbonyl (C=O) groups excluding carboxylic acids is 1. The molecule has 1 amide bonds. The summed E-state index contributed by atoms with van der Waals surface area (Å²) < 4.78 is 32.4. The van der Waals surface area contributed by atoms with Crippen molar-refractivity contribution in [3.8, 4) is 5.75 Å². The van der Waals surface area contributed by atoms with Crippen molar-refractivity contribution < 1.29 is 17.9 Å². The van der Waals surface area contributed by atoms with E-state index in [1.54, 1.807) is 41.8 Å². The number of hydrogen-bond donors (Lipinski definition) is 1. The second kappa shape index (κ2) is 9.32. The Bertz CT molecular complexity index is 1080. The third-order valence-electron chi connectivity index (χ3n) is 4.50. The first-order valence-corrected chi connectivity index (χ1v) is 11.7. The van der Waals surface area contributed by atoms with E-state index in [1.165, 1.54) is 22.7 Å². The maximum Gasteiger partial charge on any atom is 0.273 e. The fourth-order valence-electron chi connectivity index (χ4n) is 2.71. The average Bonchev–Trinajstić information content (AvgIpc) is 3.29. The average molecular weight is 445 g/mol. The van der Waals surface area contributed by atoms with Crippen LogP contribution in [-0.4, -0.2) is 34.0 Å². The molecule has 8 heteroatoms. The Morgan fingerprint density at radius 1 is 1.10 bits per heavy atom. The second-order valence-corrected chi connectivity index (χ2v) is 10.1. The van der Waals surface area contributed by atoms with E-state index < -0.39 is 10.0 Å². The molecule has 158 valence electrons. The standard InChI is InChI=1S/C22H24N2O4S2/c1-16-6-12-20(13-7-16)28-15-17(2)23-22(25)18-8-10-19(11-9-18)24(3)30(26,27)21-5-4-14-29-21/h4-14,17H,15H2,1-3H3,(H,23,25)/t17-/m0/s1. The molecule has 1 atom stereocenters. The minimum absolute atomic E-state index is 0.194. The third-order valence-corrected chi connectivity index (χ3v) is 7.66. The van der Waals surface area contributed by atoms with E-state index >= 15 is 0 Å². The minimum Gasteiger partial charge on any atom is -0.491 e. The van der Waals surface area contributed by atoms with E-state index in [4.69, 9.17) is 4.74 Å². The monoisotopic (exact) mass is 444 g/mol. The number of thiophene rings is 1. The van der Waals surface area contributed by atoms with E-state index in [-0.39, 0.29) is 16.2 Å². The number of anilines is 1. The van der Waals surface area contributed by atoms with E-state index in [9.17, 15) is 13.2 Å². The molecule has 0 aliphatic carbocycles. The predicted octanol–water partition coefficient (Wildman–Crippen LogP) is 4.08. The molecule has 1 N–H and O–H groups in total. The molecule has 0 saturated heterocycles. The van der Waals surface area contributed by atoms with Crippen LogP contribution in [0.2, 0.25) is 0 Å². The van der Waals surface area contributed by atoms with Crippen molar-refractivity contribution >= 4 is 33.0 Å². The largest absolute Gasteiger partial charge is 0.491 e. The van der Waals surface area contributed by atoms with Gasteiger partial charge in [-0.05, 0) is 61.7 Å². The summed E-state index contributed by atoms with van der Waals surface area (Å²) in [5.41, 5.74) is 2.08. The summed E-state index contributed by atoms with van der Waals surface area (Å²) in [5.74, 6) is 0.506. The molecule has 1 heterocycles. The molecular weight excluding hydrogens is 420 g/mol. The molecule has 30 heavy (non-hydrogen) atoms. The quantitative estimate of drug-likeness (QED) is 0.568. The van der Waals surface area contributed by atoms with Crippen molar-refractivity contribution in [1.29, 1.82) is 0 Å². The first-order chi connectivity index (χ1) is 14.3. The minimum atomic E-state index is -3.60. The van der Waals surface area contributed by atoms with E-state index in [2.05, 4.69) is 5.32 Å². The molecule has 0 fully saturated rings. The number of sulfonamides is 1. The second-order valence-electron chi connectivity index (χ2n) is 6.95. The Kier molecular flexibility index (Phi) is 6.79. The third kappa shape index (κ3) is 5.20. The summed E-state index contributed by atoms with van der Waals surface area (Å²) in [6.45, 7) is 4.21. The molecule has 0 unspecified atom stereocenters. The van der Waals surface area contributed by atoms with Crippen LogP contribution in [0.15, 0.2) is 70.3 Å². The Labute approximate surface area is 181 Å². The van der Waals surface area contributed by atoms with Gasteiger partial charge in [-0.15, -0.1) is 11.3 Å². The maximum atomic E-state index is 12.6. The van der Waals surface area contributed by atoms with E-state index in [1.807, 2.05) is 38.1 Å². The Morgan fingerprint density at radius 2 is 1.77 bits per heavy atom. The van der Waals surface area contributed by atoms with Crippen molar-refractivity contribution in [1.82, 2.24) is 5.32 Å². The van der Waals surface area contributed by atoms with Gasteiger partial charge in [0.25, 0.3) is 15.9 Å². The normalized spacial score (nSPS) is 12.2. The summed E-state index contributed by atoms with van der Waals surface area (Å²) in [6, 6.07) is 17.2. The lowest BCUT2D eigenvalue weighted by Crippen LogP contribution is -2.36. The van der Waals surface area contributed by atoms with Crippen LogP contribution in [0.5, 0.6) is 5.75 Å². The number of ether oxygens (including phenoxy) is 1. The Morgan fingerprint density at radius 3 is 2.37 bits per heavy atom. The lowest BCUT2D eigenvalue weighted by Gasteiger charge is -2.19. The summed E-state index contributed by atoms with van der Waals surface area (Å²) in [6.07, 6.45) is 0. The Balaban J connectivity index is 1.58. The summed E-state index contributed by atoms with van der Waals surface area (Å²) in [4.78, 5) is 12.5. The molecule has 0 saturated carbocycles. The highest BCUT2D eigenvalue weighted by atomic mass is 32.2. The van der Waals surface area contributed by atoms with Crippen LogP contribution in [0.4, 0.5) is 5.69 Å². The van der Waals surface area contributed by atoms with Gasteiger partial charge < -0.3 is 10.1 Å². The number of benzene rings is 2. The molecule has 3 aromatic rings. The molecule has 1 aromatic heterocycles. The van der Waals surface area contributed by atoms with Gasteiger partial charge in [0.15, 0.2) is 0 Å². The van der Waals surface area contributed by atoms with Crippen LogP contribution >= 0.6 is 11.3 Å². The van der Waals surface area contributed by atoms with Gasteiger partial charge in [-0.1, -0.05) is 23.8 Å². The first kappa shape index (κ1) is 21.9. The SMILES string of the molecule is Cc1ccc(OC[C@H](C)NC(=O)c2ccc(N(C)S(=O)(=O)c3cccs3)cc2)cc1. The molecule has 0 spiro atoms. The number of aryl methyl sites for hydroxylation is 1. The van der Waals surface area contributed by atoms with Gasteiger partial charge in [-0.25, -0.2) is 8.42 Å². The smallest absolute Gasteiger partial charge is 0.273 e. The first-order valence-electron chi connectivity index (χ1n) is 9.40. The molecule has 0 aliphatic rings. The molecule has 0 radical (unpaired) electrons. The molecule has 3 rings (SSSR count). The number of amides is 1. The molecule has 0 aliphatic heterocycles. The van der Waals surface area contributed by atoms with Crippen molar-refractivity contribution in [3.05, 3.63) is 77.2 Å². The van der Waals surface area contributed by atoms with Crippen LogP contribution in [0, 0.1) is 6.92 Å². The number of nitrogens with zero attached hydrogens (tertiary/aromatic N) is 1. The lowest BCUT2D eigenvalue weighted by atomic mass is 10.2. The summed E-state index contributed by atoms with van der Waals surface area (Å²) in [7, 11) is -2.11. The van der Waals surface area contributed by atoms with Crippen molar-refractivity contribution in [2.24, 2.45) is 0 Å². The van der Waals surface area contributed by atoms with Gasteiger partial charge in [0.05, 0.1) is 11.7 Å². The Hall–Kier alpha value is -2.84. The van der Waals surface area contributed by atoms with E-state index in [0.717, 1.165) is 11.3 Å². The zero-order chi connectivity index (χ0) is 21.7. The van der Waals surface area contributed by atoms with Crippen molar-refractivity contribution in [2.45, 2.75) is 24.1 Å². The lowest BCUT2D eigenvalue weighted by molar-refractivity contribution is 0.0926. The fourth-order valence-corrected chi connectivity index (χ4v) is 5.07. The van der Waals surface area contributed by atoms with Crippen LogP contribution in [-0.2, 0) is 10.0 Å². The van der Waals surface area contributed by atoms with Crippen LogP contribution in [0.25, 0.3) is 0 Å². The molecule has 0 bridgehead atoms. The number of hydrogen-bond acceptors (Lipinski definition) is 5. The van der Waals surface area contributed by atoms with Gasteiger partial charge in [-0.2, -0.15) is 0 Å². The van der Waals surface area contributed by atoms with Crippen molar-refractivity contribution in [3.63, 3.8) is 0 Å². The van der Waals surface area contributed by atoms with Gasteiger partial charge in [0, 0.05) is 12.6 Å². The molecule has 6 nitrogen and oxygen atoms in total. The van der Waals surface area contributed by atoms with Crippen molar-refractivity contribution in [2.75, 3.05) is 18.0 Å². The zero-order valence-electron chi connectivity index (χ0n) is 17.0. The van der Waals surface area contributed by atoms with E-state index in [0.29, 0.717) is 17.9 Å². The predicted molar refractivity (Wildman–Crippen MR) is 120 cm³/mol. The highest BCUT2D eigenvalue weighted by Gasteiger charge is 2.22. The fraction of sp³-hybridized carbons (Fsp3) is 0.227. The number of carbonyl (C=O) groups is 1. The summed E-state index contributed by atoms with van der Waals surface area (Å²) in [5, 5.41) is 4.61.